The zero-order valence-corrected chi connectivity index (χ0v) is 16.0. The predicted molar refractivity (Wildman–Crippen MR) is 100 cm³/mol. The number of benzene rings is 1. The van der Waals surface area contributed by atoms with E-state index in [4.69, 9.17) is 0 Å². The van der Waals surface area contributed by atoms with E-state index >= 15 is 0 Å². The fourth-order valence-electron chi connectivity index (χ4n) is 3.10. The number of aryl methyl sites for hydroxylation is 2. The number of aromatic nitrogens is 3. The van der Waals surface area contributed by atoms with E-state index < -0.39 is 0 Å². The van der Waals surface area contributed by atoms with Gasteiger partial charge in [0, 0.05) is 31.2 Å². The van der Waals surface area contributed by atoms with Crippen LogP contribution in [0.4, 0.5) is 0 Å². The zero-order valence-electron chi connectivity index (χ0n) is 16.0. The van der Waals surface area contributed by atoms with Crippen molar-refractivity contribution < 1.29 is 9.13 Å². The average molecular weight is 333 g/mol. The van der Waals surface area contributed by atoms with Crippen molar-refractivity contribution in [3.63, 3.8) is 0 Å². The van der Waals surface area contributed by atoms with Crippen molar-refractivity contribution >= 4 is 0 Å². The van der Waals surface area contributed by atoms with E-state index in [1.807, 2.05) is 18.6 Å². The Balaban J connectivity index is 2.35. The van der Waals surface area contributed by atoms with Crippen LogP contribution in [0.25, 0.3) is 11.4 Å². The summed E-state index contributed by atoms with van der Waals surface area (Å²) in [5.41, 5.74) is 7.42. The van der Waals surface area contributed by atoms with Crippen molar-refractivity contribution in [1.82, 2.24) is 4.98 Å². The van der Waals surface area contributed by atoms with Gasteiger partial charge in [-0.3, -0.25) is 0 Å². The second-order valence-corrected chi connectivity index (χ2v) is 7.69. The Labute approximate surface area is 150 Å². The summed E-state index contributed by atoms with van der Waals surface area (Å²) in [5, 5.41) is 0. The van der Waals surface area contributed by atoms with Crippen molar-refractivity contribution in [3.8, 4) is 11.4 Å². The Morgan fingerprint density at radius 1 is 0.840 bits per heavy atom. The summed E-state index contributed by atoms with van der Waals surface area (Å²) in [4.78, 5) is 4.33. The van der Waals surface area contributed by atoms with Crippen molar-refractivity contribution in [1.29, 1.82) is 0 Å². The maximum atomic E-state index is 4.33. The van der Waals surface area contributed by atoms with E-state index in [9.17, 15) is 0 Å². The molecule has 128 valence electrons. The van der Waals surface area contributed by atoms with E-state index in [1.54, 1.807) is 0 Å². The van der Waals surface area contributed by atoms with Gasteiger partial charge in [-0.1, -0.05) is 31.8 Å². The quantitative estimate of drug-likeness (QED) is 0.652. The summed E-state index contributed by atoms with van der Waals surface area (Å²) in [5.74, 6) is 0. The third-order valence-corrected chi connectivity index (χ3v) is 4.77. The highest BCUT2D eigenvalue weighted by molar-refractivity contribution is 5.49. The molecule has 0 aliphatic rings. The molecular weight excluding hydrogens is 306 g/mol. The van der Waals surface area contributed by atoms with Crippen LogP contribution in [-0.4, -0.2) is 4.98 Å². The topological polar surface area (TPSA) is 20.6 Å². The molecule has 25 heavy (non-hydrogen) atoms. The van der Waals surface area contributed by atoms with Gasteiger partial charge in [0.15, 0.2) is 11.9 Å². The van der Waals surface area contributed by atoms with Crippen LogP contribution in [0, 0.1) is 20.8 Å². The van der Waals surface area contributed by atoms with Crippen molar-refractivity contribution in [2.45, 2.75) is 47.0 Å². The smallest absolute Gasteiger partial charge is 0.200 e. The molecule has 3 nitrogen and oxygen atoms in total. The Morgan fingerprint density at radius 3 is 2.08 bits per heavy atom. The summed E-state index contributed by atoms with van der Waals surface area (Å²) >= 11 is 0. The van der Waals surface area contributed by atoms with E-state index in [0.29, 0.717) is 0 Å². The van der Waals surface area contributed by atoms with E-state index in [0.717, 1.165) is 0 Å². The highest BCUT2D eigenvalue weighted by atomic mass is 15.0. The molecule has 0 N–H and O–H groups in total. The monoisotopic (exact) mass is 333 g/mol. The second-order valence-electron chi connectivity index (χ2n) is 7.69. The van der Waals surface area contributed by atoms with Gasteiger partial charge in [-0.15, -0.1) is 0 Å². The van der Waals surface area contributed by atoms with Gasteiger partial charge >= 0.3 is 0 Å². The molecule has 3 heteroatoms. The molecule has 0 aliphatic carbocycles. The normalized spacial score (nSPS) is 11.6. The van der Waals surface area contributed by atoms with Gasteiger partial charge in [-0.25, -0.2) is 0 Å². The second kappa shape index (κ2) is 6.40. The Bertz CT molecular complexity index is 854. The molecule has 0 saturated carbocycles. The largest absolute Gasteiger partial charge is 0.291 e. The van der Waals surface area contributed by atoms with E-state index in [2.05, 4.69) is 92.2 Å². The van der Waals surface area contributed by atoms with Crippen molar-refractivity contribution in [2.24, 2.45) is 0 Å². The molecule has 1 aromatic carbocycles. The van der Waals surface area contributed by atoms with Crippen LogP contribution in [-0.2, 0) is 5.41 Å². The first-order valence-electron chi connectivity index (χ1n) is 8.74. The van der Waals surface area contributed by atoms with Crippen LogP contribution in [0.1, 0.15) is 43.3 Å². The summed E-state index contributed by atoms with van der Waals surface area (Å²) in [6.07, 6.45) is 5.87. The molecule has 0 saturated heterocycles. The molecule has 0 aliphatic heterocycles. The van der Waals surface area contributed by atoms with Crippen LogP contribution in [0.15, 0.2) is 55.1 Å². The minimum absolute atomic E-state index is 0.0666. The van der Waals surface area contributed by atoms with Gasteiger partial charge in [-0.05, 0) is 30.9 Å². The van der Waals surface area contributed by atoms with Gasteiger partial charge in [0.2, 0.25) is 5.69 Å². The molecule has 3 aromatic rings. The van der Waals surface area contributed by atoms with Gasteiger partial charge in [-0.2, -0.15) is 9.13 Å². The minimum Gasteiger partial charge on any atom is -0.200 e. The molecule has 2 heterocycles. The maximum Gasteiger partial charge on any atom is 0.291 e. The molecule has 3 rings (SSSR count). The summed E-state index contributed by atoms with van der Waals surface area (Å²) in [7, 11) is 0. The molecule has 0 bridgehead atoms. The van der Waals surface area contributed by atoms with Crippen LogP contribution in [0.2, 0.25) is 0 Å². The number of hydrogen-bond donors (Lipinski definition) is 0. The maximum absolute atomic E-state index is 4.33. The molecule has 0 atom stereocenters. The Morgan fingerprint density at radius 2 is 1.48 bits per heavy atom. The molecule has 0 radical (unpaired) electrons. The molecule has 0 spiro atoms. The van der Waals surface area contributed by atoms with Crippen molar-refractivity contribution in [2.75, 3.05) is 0 Å². The molecule has 0 amide bonds. The molecular formula is C22H27N3+2. The summed E-state index contributed by atoms with van der Waals surface area (Å²) in [6, 6.07) is 13.0. The van der Waals surface area contributed by atoms with Gasteiger partial charge in [0.25, 0.3) is 6.33 Å². The van der Waals surface area contributed by atoms with Crippen LogP contribution >= 0.6 is 0 Å². The number of hydrogen-bond acceptors (Lipinski definition) is 1. The number of rotatable bonds is 2. The first-order chi connectivity index (χ1) is 11.8. The minimum atomic E-state index is 0.0666. The SMILES string of the molecule is Cc1c(-[n+]2ccccc2C)cc(C(C)(C)C)cc1-[n+]1cnccc1C. The Kier molecular flexibility index (Phi) is 4.42. The number of pyridine rings is 1. The zero-order chi connectivity index (χ0) is 18.2. The van der Waals surface area contributed by atoms with E-state index in [-0.39, 0.29) is 5.41 Å². The fraction of sp³-hybridized carbons (Fsp3) is 0.318. The van der Waals surface area contributed by atoms with Gasteiger partial charge < -0.3 is 0 Å². The molecule has 0 unspecified atom stereocenters. The summed E-state index contributed by atoms with van der Waals surface area (Å²) < 4.78 is 4.44. The highest BCUT2D eigenvalue weighted by Gasteiger charge is 2.25. The lowest BCUT2D eigenvalue weighted by atomic mass is 9.85. The lowest BCUT2D eigenvalue weighted by molar-refractivity contribution is -0.613. The fourth-order valence-corrected chi connectivity index (χ4v) is 3.10. The average Bonchev–Trinajstić information content (AvgIpc) is 2.55. The van der Waals surface area contributed by atoms with E-state index in [1.165, 1.54) is 33.9 Å². The van der Waals surface area contributed by atoms with Crippen molar-refractivity contribution in [3.05, 3.63) is 77.6 Å². The first kappa shape index (κ1) is 17.3. The standard InChI is InChI=1S/C22H27N3/c1-16-9-7-8-12-24(16)20-13-19(22(4,5)6)14-21(18(20)3)25-15-23-11-10-17(25)2/h7-15H,1-6H3/q+2. The molecule has 0 fully saturated rings. The molecule has 2 aromatic heterocycles. The third kappa shape index (κ3) is 3.32. The van der Waals surface area contributed by atoms with Gasteiger partial charge in [0.1, 0.15) is 17.6 Å². The highest BCUT2D eigenvalue weighted by Crippen LogP contribution is 2.27. The van der Waals surface area contributed by atoms with Crippen LogP contribution < -0.4 is 9.13 Å². The Hall–Kier alpha value is -2.55. The van der Waals surface area contributed by atoms with Gasteiger partial charge in [0.05, 0.1) is 5.56 Å². The van der Waals surface area contributed by atoms with Crippen LogP contribution in [0.5, 0.6) is 0 Å². The lowest BCUT2D eigenvalue weighted by Crippen LogP contribution is -2.40. The lowest BCUT2D eigenvalue weighted by Gasteiger charge is -2.21. The first-order valence-corrected chi connectivity index (χ1v) is 8.74. The van der Waals surface area contributed by atoms with Crippen LogP contribution in [0.3, 0.4) is 0 Å². The summed E-state index contributed by atoms with van der Waals surface area (Å²) in [6.45, 7) is 13.2. The number of nitrogens with zero attached hydrogens (tertiary/aromatic N) is 3. The third-order valence-electron chi connectivity index (χ3n) is 4.77. The predicted octanol–water partition coefficient (Wildman–Crippen LogP) is 3.86.